The first-order valence-corrected chi connectivity index (χ1v) is 12.5. The number of carbonyl (C=O) groups excluding carboxylic acids is 2. The zero-order chi connectivity index (χ0) is 28.7. The normalized spacial score (nSPS) is 9.16. The first-order chi connectivity index (χ1) is 19.3. The SMILES string of the molecule is Cn1ccnc1.Cn1ccnc1.O=C([O-])Cc1cccc2ccccc12.O=C([O-])Cc1cccc2ccccc12.[Co+2].[OH3+].[OH3+]. The van der Waals surface area contributed by atoms with E-state index >= 15 is 0 Å². The predicted molar refractivity (Wildman–Crippen MR) is 161 cm³/mol. The molecule has 0 unspecified atom stereocenters. The Morgan fingerprint density at radius 1 is 0.605 bits per heavy atom. The third-order valence-electron chi connectivity index (χ3n) is 5.70. The van der Waals surface area contributed by atoms with Crippen LogP contribution in [0.1, 0.15) is 11.1 Å². The Bertz CT molecular complexity index is 1510. The number of imidazole rings is 2. The zero-order valence-corrected chi connectivity index (χ0v) is 24.9. The number of aryl methyl sites for hydroxylation is 2. The van der Waals surface area contributed by atoms with Crippen LogP contribution in [-0.2, 0) is 64.3 Å². The monoisotopic (exact) mass is 631 g/mol. The molecule has 0 saturated heterocycles. The number of fused-ring (bicyclic) bond motifs is 2. The largest absolute Gasteiger partial charge is 2.00 e. The van der Waals surface area contributed by atoms with Crippen LogP contribution < -0.4 is 10.2 Å². The molecule has 0 aliphatic rings. The van der Waals surface area contributed by atoms with Gasteiger partial charge >= 0.3 is 16.8 Å². The molecule has 6 aromatic rings. The summed E-state index contributed by atoms with van der Waals surface area (Å²) in [7, 11) is 3.88. The Hall–Kier alpha value is -4.81. The second-order valence-corrected chi connectivity index (χ2v) is 8.83. The maximum Gasteiger partial charge on any atom is 2.00 e. The van der Waals surface area contributed by atoms with Gasteiger partial charge < -0.3 is 39.9 Å². The number of hydrogen-bond acceptors (Lipinski definition) is 6. The van der Waals surface area contributed by atoms with Crippen molar-refractivity contribution in [1.82, 2.24) is 19.1 Å². The van der Waals surface area contributed by atoms with Crippen LogP contribution in [0.15, 0.2) is 122 Å². The number of carbonyl (C=O) groups is 2. The molecule has 2 heterocycles. The standard InChI is InChI=1S/2C12H10O2.2C4H6N2.Co.2H2O/c2*13-12(14)8-10-6-3-5-9-4-1-2-7-11(9)10;2*1-6-3-2-5-4-6;;;/h2*1-7H,8H2,(H,13,14);2*2-4H,1H3;;2*1H2/q;;;;+2;;. The molecule has 43 heavy (non-hydrogen) atoms. The van der Waals surface area contributed by atoms with Gasteiger partial charge in [0.25, 0.3) is 0 Å². The molecule has 0 bridgehead atoms. The summed E-state index contributed by atoms with van der Waals surface area (Å²) in [4.78, 5) is 28.6. The maximum atomic E-state index is 10.5. The summed E-state index contributed by atoms with van der Waals surface area (Å²) in [5.74, 6) is -2.08. The van der Waals surface area contributed by atoms with E-state index in [9.17, 15) is 19.8 Å². The minimum atomic E-state index is -1.04. The minimum Gasteiger partial charge on any atom is -0.550 e. The maximum absolute atomic E-state index is 10.5. The zero-order valence-electron chi connectivity index (χ0n) is 23.9. The Morgan fingerprint density at radius 3 is 1.23 bits per heavy atom. The number of carboxylic acid groups (broad SMARTS) is 2. The Labute approximate surface area is 260 Å². The van der Waals surface area contributed by atoms with Gasteiger partial charge in [0.05, 0.1) is 12.7 Å². The summed E-state index contributed by atoms with van der Waals surface area (Å²) in [6.45, 7) is 0. The summed E-state index contributed by atoms with van der Waals surface area (Å²) in [6, 6.07) is 26.8. The fraction of sp³-hybridized carbons (Fsp3) is 0.125. The van der Waals surface area contributed by atoms with Gasteiger partial charge in [-0.15, -0.1) is 0 Å². The average Bonchev–Trinajstić information content (AvgIpc) is 3.63. The summed E-state index contributed by atoms with van der Waals surface area (Å²) >= 11 is 0. The van der Waals surface area contributed by atoms with Gasteiger partial charge in [0.15, 0.2) is 0 Å². The van der Waals surface area contributed by atoms with Gasteiger partial charge in [0, 0.05) is 63.7 Å². The molecule has 0 atom stereocenters. The molecule has 227 valence electrons. The van der Waals surface area contributed by atoms with E-state index < -0.39 is 11.9 Å². The average molecular weight is 632 g/mol. The van der Waals surface area contributed by atoms with Crippen LogP contribution in [0.4, 0.5) is 0 Å². The first kappa shape index (κ1) is 38.2. The molecular formula is C32H36CoN4O6+2. The molecule has 0 amide bonds. The van der Waals surface area contributed by atoms with Crippen LogP contribution in [0, 0.1) is 0 Å². The van der Waals surface area contributed by atoms with E-state index in [4.69, 9.17) is 0 Å². The smallest absolute Gasteiger partial charge is 0.550 e. The van der Waals surface area contributed by atoms with Gasteiger partial charge in [-0.2, -0.15) is 0 Å². The second kappa shape index (κ2) is 20.1. The van der Waals surface area contributed by atoms with Crippen LogP contribution in [0.25, 0.3) is 21.5 Å². The van der Waals surface area contributed by atoms with E-state index in [-0.39, 0.29) is 40.6 Å². The molecule has 2 aromatic heterocycles. The molecule has 6 N–H and O–H groups in total. The summed E-state index contributed by atoms with van der Waals surface area (Å²) in [5.41, 5.74) is 1.62. The molecule has 6 rings (SSSR count). The topological polar surface area (TPSA) is 182 Å². The van der Waals surface area contributed by atoms with Crippen LogP contribution in [-0.4, -0.2) is 31.0 Å². The molecule has 11 heteroatoms. The van der Waals surface area contributed by atoms with Crippen molar-refractivity contribution in [3.8, 4) is 0 Å². The molecule has 1 radical (unpaired) electrons. The molecule has 4 aromatic carbocycles. The number of carboxylic acids is 2. The Kier molecular flexibility index (Phi) is 17.9. The fourth-order valence-corrected chi connectivity index (χ4v) is 3.86. The molecule has 0 saturated carbocycles. The van der Waals surface area contributed by atoms with Gasteiger partial charge in [-0.05, 0) is 32.7 Å². The van der Waals surface area contributed by atoms with Gasteiger partial charge in [-0.25, -0.2) is 9.97 Å². The van der Waals surface area contributed by atoms with E-state index in [0.717, 1.165) is 32.7 Å². The van der Waals surface area contributed by atoms with Crippen LogP contribution in [0.3, 0.4) is 0 Å². The van der Waals surface area contributed by atoms with Crippen LogP contribution in [0.2, 0.25) is 0 Å². The number of benzene rings is 4. The van der Waals surface area contributed by atoms with Crippen LogP contribution in [0.5, 0.6) is 0 Å². The van der Waals surface area contributed by atoms with Crippen molar-refractivity contribution in [2.24, 2.45) is 14.1 Å². The van der Waals surface area contributed by atoms with Crippen molar-refractivity contribution in [3.05, 3.63) is 133 Å². The summed E-state index contributed by atoms with van der Waals surface area (Å²) in [6.07, 6.45) is 10.7. The van der Waals surface area contributed by atoms with Crippen molar-refractivity contribution in [3.63, 3.8) is 0 Å². The number of aliphatic carboxylic acids is 2. The summed E-state index contributed by atoms with van der Waals surface area (Å²) in [5, 5.41) is 25.1. The quantitative estimate of drug-likeness (QED) is 0.264. The van der Waals surface area contributed by atoms with Crippen molar-refractivity contribution < 1.29 is 47.5 Å². The Balaban J connectivity index is 0.000000571. The van der Waals surface area contributed by atoms with Crippen LogP contribution >= 0.6 is 0 Å². The number of hydrogen-bond donors (Lipinski definition) is 0. The van der Waals surface area contributed by atoms with E-state index in [0.29, 0.717) is 0 Å². The van der Waals surface area contributed by atoms with E-state index in [2.05, 4.69) is 9.97 Å². The first-order valence-electron chi connectivity index (χ1n) is 12.5. The van der Waals surface area contributed by atoms with Crippen molar-refractivity contribution in [2.45, 2.75) is 12.8 Å². The van der Waals surface area contributed by atoms with Crippen molar-refractivity contribution in [2.75, 3.05) is 0 Å². The molecule has 10 nitrogen and oxygen atoms in total. The fourth-order valence-electron chi connectivity index (χ4n) is 3.86. The molecule has 0 aliphatic carbocycles. The van der Waals surface area contributed by atoms with E-state index in [1.54, 1.807) is 25.0 Å². The molecular weight excluding hydrogens is 595 g/mol. The predicted octanol–water partition coefficient (Wildman–Crippen LogP) is 1.26. The van der Waals surface area contributed by atoms with Gasteiger partial charge in [0.1, 0.15) is 0 Å². The number of nitrogens with zero attached hydrogens (tertiary/aromatic N) is 4. The molecule has 0 aliphatic heterocycles. The van der Waals surface area contributed by atoms with Gasteiger partial charge in [-0.3, -0.25) is 0 Å². The van der Waals surface area contributed by atoms with Crippen molar-refractivity contribution in [1.29, 1.82) is 0 Å². The van der Waals surface area contributed by atoms with E-state index in [1.807, 2.05) is 121 Å². The van der Waals surface area contributed by atoms with E-state index in [1.165, 1.54) is 0 Å². The van der Waals surface area contributed by atoms with Crippen molar-refractivity contribution >= 4 is 33.5 Å². The van der Waals surface area contributed by atoms with Gasteiger partial charge in [0.2, 0.25) is 0 Å². The Morgan fingerprint density at radius 2 is 0.953 bits per heavy atom. The third-order valence-corrected chi connectivity index (χ3v) is 5.70. The number of rotatable bonds is 4. The third kappa shape index (κ3) is 13.1. The van der Waals surface area contributed by atoms with Gasteiger partial charge in [-0.1, -0.05) is 84.9 Å². The molecule has 0 fully saturated rings. The number of aromatic nitrogens is 4. The molecule has 0 spiro atoms. The summed E-state index contributed by atoms with van der Waals surface area (Å²) < 4.78 is 3.78. The minimum absolute atomic E-state index is 0. The second-order valence-electron chi connectivity index (χ2n) is 8.83.